The second-order valence-corrected chi connectivity index (χ2v) is 10.4. The molecule has 0 spiro atoms. The molecule has 146 valence electrons. The molecule has 29 heavy (non-hydrogen) atoms. The molecule has 1 N–H and O–H groups in total. The predicted octanol–water partition coefficient (Wildman–Crippen LogP) is 5.42. The van der Waals surface area contributed by atoms with Crippen LogP contribution >= 0.6 is 45.8 Å². The van der Waals surface area contributed by atoms with Gasteiger partial charge in [-0.3, -0.25) is 4.79 Å². The summed E-state index contributed by atoms with van der Waals surface area (Å²) in [6.07, 6.45) is 0. The molecule has 0 aliphatic carbocycles. The SMILES string of the molecule is C[C@H](Sc1nnc(-c2cccs2)n1C)c1nc2scc(-c3cccs3)c2c(=O)[nH]1. The minimum Gasteiger partial charge on any atom is -0.309 e. The lowest BCUT2D eigenvalue weighted by atomic mass is 10.2. The largest absolute Gasteiger partial charge is 0.309 e. The van der Waals surface area contributed by atoms with Gasteiger partial charge in [-0.05, 0) is 29.8 Å². The summed E-state index contributed by atoms with van der Waals surface area (Å²) in [5.74, 6) is 1.48. The molecule has 0 bridgehead atoms. The summed E-state index contributed by atoms with van der Waals surface area (Å²) in [5, 5.41) is 16.1. The Balaban J connectivity index is 1.46. The number of hydrogen-bond donors (Lipinski definition) is 1. The van der Waals surface area contributed by atoms with Crippen LogP contribution in [0.3, 0.4) is 0 Å². The number of aromatic amines is 1. The van der Waals surface area contributed by atoms with Gasteiger partial charge in [0.1, 0.15) is 10.7 Å². The first-order chi connectivity index (χ1) is 14.1. The van der Waals surface area contributed by atoms with E-state index in [1.54, 1.807) is 22.7 Å². The summed E-state index contributed by atoms with van der Waals surface area (Å²) < 4.78 is 1.98. The van der Waals surface area contributed by atoms with Gasteiger partial charge in [-0.25, -0.2) is 4.98 Å². The van der Waals surface area contributed by atoms with Gasteiger partial charge in [0.2, 0.25) is 0 Å². The van der Waals surface area contributed by atoms with Crippen molar-refractivity contribution in [3.05, 3.63) is 56.6 Å². The fourth-order valence-corrected chi connectivity index (χ4v) is 6.41. The van der Waals surface area contributed by atoms with E-state index in [4.69, 9.17) is 4.98 Å². The highest BCUT2D eigenvalue weighted by Gasteiger charge is 2.20. The van der Waals surface area contributed by atoms with Crippen LogP contribution in [0.1, 0.15) is 18.0 Å². The molecule has 5 heterocycles. The first kappa shape index (κ1) is 18.7. The maximum Gasteiger partial charge on any atom is 0.260 e. The van der Waals surface area contributed by atoms with Gasteiger partial charge in [0, 0.05) is 22.9 Å². The van der Waals surface area contributed by atoms with E-state index >= 15 is 0 Å². The molecule has 0 aliphatic rings. The van der Waals surface area contributed by atoms with Crippen LogP contribution in [0, 0.1) is 0 Å². The molecule has 0 saturated carbocycles. The third kappa shape index (κ3) is 3.35. The highest BCUT2D eigenvalue weighted by molar-refractivity contribution is 7.99. The summed E-state index contributed by atoms with van der Waals surface area (Å²) in [6, 6.07) is 8.04. The Morgan fingerprint density at radius 2 is 1.86 bits per heavy atom. The maximum atomic E-state index is 12.8. The number of nitrogens with one attached hydrogen (secondary N) is 1. The van der Waals surface area contributed by atoms with Crippen molar-refractivity contribution in [3.63, 3.8) is 0 Å². The molecule has 0 saturated heterocycles. The highest BCUT2D eigenvalue weighted by Crippen LogP contribution is 2.37. The molecule has 0 aromatic carbocycles. The Morgan fingerprint density at radius 3 is 2.59 bits per heavy atom. The van der Waals surface area contributed by atoms with E-state index in [1.807, 2.05) is 58.9 Å². The number of hydrogen-bond acceptors (Lipinski definition) is 8. The van der Waals surface area contributed by atoms with Gasteiger partial charge in [-0.2, -0.15) is 0 Å². The minimum atomic E-state index is -0.0978. The van der Waals surface area contributed by atoms with Crippen molar-refractivity contribution in [1.82, 2.24) is 24.7 Å². The Kier molecular flexibility index (Phi) is 4.86. The smallest absolute Gasteiger partial charge is 0.260 e. The molecule has 0 fully saturated rings. The second kappa shape index (κ2) is 7.52. The highest BCUT2D eigenvalue weighted by atomic mass is 32.2. The van der Waals surface area contributed by atoms with Crippen LogP contribution in [0.25, 0.3) is 31.4 Å². The summed E-state index contributed by atoms with van der Waals surface area (Å²) in [4.78, 5) is 23.5. The minimum absolute atomic E-state index is 0.0709. The molecule has 1 atom stereocenters. The molecule has 0 unspecified atom stereocenters. The van der Waals surface area contributed by atoms with Crippen LogP contribution in [0.2, 0.25) is 0 Å². The average molecular weight is 458 g/mol. The number of rotatable bonds is 5. The number of H-pyrrole nitrogens is 1. The zero-order valence-electron chi connectivity index (χ0n) is 15.4. The number of fused-ring (bicyclic) bond motifs is 1. The van der Waals surface area contributed by atoms with Gasteiger partial charge < -0.3 is 9.55 Å². The van der Waals surface area contributed by atoms with E-state index in [0.29, 0.717) is 11.2 Å². The van der Waals surface area contributed by atoms with Crippen LogP contribution in [0.4, 0.5) is 0 Å². The summed E-state index contributed by atoms with van der Waals surface area (Å²) in [6.45, 7) is 2.02. The van der Waals surface area contributed by atoms with E-state index < -0.39 is 0 Å². The van der Waals surface area contributed by atoms with Crippen LogP contribution in [0.15, 0.2) is 50.4 Å². The van der Waals surface area contributed by atoms with Crippen molar-refractivity contribution < 1.29 is 0 Å². The Hall–Kier alpha value is -2.27. The molecule has 5 aromatic heterocycles. The fourth-order valence-electron chi connectivity index (χ4n) is 3.02. The third-order valence-electron chi connectivity index (χ3n) is 4.49. The van der Waals surface area contributed by atoms with Gasteiger partial charge in [0.05, 0.1) is 15.5 Å². The number of aromatic nitrogens is 5. The summed E-state index contributed by atoms with van der Waals surface area (Å²) in [7, 11) is 1.95. The molecule has 5 rings (SSSR count). The first-order valence-corrected chi connectivity index (χ1v) is 12.3. The standard InChI is InChI=1S/C19H15N5OS4/c1-10(29-19-23-22-16(24(19)2)13-6-4-8-27-13)15-20-17(25)14-11(9-28-18(14)21-15)12-5-3-7-26-12/h3-10H,1-2H3,(H,20,21,25)/t10-/m0/s1. The van der Waals surface area contributed by atoms with E-state index in [9.17, 15) is 4.79 Å². The molecule has 6 nitrogen and oxygen atoms in total. The lowest BCUT2D eigenvalue weighted by Gasteiger charge is -2.10. The van der Waals surface area contributed by atoms with Crippen molar-refractivity contribution >= 4 is 56.0 Å². The van der Waals surface area contributed by atoms with E-state index in [-0.39, 0.29) is 10.8 Å². The molecule has 5 aromatic rings. The van der Waals surface area contributed by atoms with Gasteiger partial charge in [0.25, 0.3) is 5.56 Å². The Bertz CT molecular complexity index is 1330. The van der Waals surface area contributed by atoms with Crippen molar-refractivity contribution in [3.8, 4) is 21.1 Å². The molecular formula is C19H15N5OS4. The second-order valence-electron chi connectivity index (χ2n) is 6.36. The zero-order valence-corrected chi connectivity index (χ0v) is 18.7. The topological polar surface area (TPSA) is 76.5 Å². The van der Waals surface area contributed by atoms with Crippen LogP contribution < -0.4 is 5.56 Å². The van der Waals surface area contributed by atoms with Gasteiger partial charge >= 0.3 is 0 Å². The van der Waals surface area contributed by atoms with Crippen LogP contribution in [-0.4, -0.2) is 24.7 Å². The number of thioether (sulfide) groups is 1. The lowest BCUT2D eigenvalue weighted by molar-refractivity contribution is 0.787. The number of nitrogens with zero attached hydrogens (tertiary/aromatic N) is 4. The Labute approximate surface area is 182 Å². The van der Waals surface area contributed by atoms with Crippen molar-refractivity contribution in [1.29, 1.82) is 0 Å². The molecule has 10 heteroatoms. The molecule has 0 aliphatic heterocycles. The van der Waals surface area contributed by atoms with Crippen molar-refractivity contribution in [2.24, 2.45) is 7.05 Å². The lowest BCUT2D eigenvalue weighted by Crippen LogP contribution is -2.12. The normalized spacial score (nSPS) is 12.6. The Morgan fingerprint density at radius 1 is 1.10 bits per heavy atom. The zero-order chi connectivity index (χ0) is 20.0. The maximum absolute atomic E-state index is 12.8. The third-order valence-corrected chi connectivity index (χ3v) is 8.28. The van der Waals surface area contributed by atoms with Crippen molar-refractivity contribution in [2.45, 2.75) is 17.3 Å². The van der Waals surface area contributed by atoms with Gasteiger partial charge in [0.15, 0.2) is 11.0 Å². The quantitative estimate of drug-likeness (QED) is 0.357. The average Bonchev–Trinajstić information content (AvgIpc) is 3.49. The van der Waals surface area contributed by atoms with E-state index in [1.165, 1.54) is 23.1 Å². The molecule has 0 amide bonds. The van der Waals surface area contributed by atoms with Gasteiger partial charge in [-0.1, -0.05) is 23.9 Å². The first-order valence-electron chi connectivity index (χ1n) is 8.77. The van der Waals surface area contributed by atoms with Crippen molar-refractivity contribution in [2.75, 3.05) is 0 Å². The van der Waals surface area contributed by atoms with Gasteiger partial charge in [-0.15, -0.1) is 44.2 Å². The monoisotopic (exact) mass is 457 g/mol. The van der Waals surface area contributed by atoms with Crippen LogP contribution in [-0.2, 0) is 7.05 Å². The van der Waals surface area contributed by atoms with E-state index in [0.717, 1.165) is 31.1 Å². The number of thiophene rings is 3. The van der Waals surface area contributed by atoms with Crippen LogP contribution in [0.5, 0.6) is 0 Å². The fraction of sp³-hybridized carbons (Fsp3) is 0.158. The molecular weight excluding hydrogens is 443 g/mol. The predicted molar refractivity (Wildman–Crippen MR) is 122 cm³/mol. The van der Waals surface area contributed by atoms with E-state index in [2.05, 4.69) is 15.2 Å². The summed E-state index contributed by atoms with van der Waals surface area (Å²) in [5.41, 5.74) is 0.855. The summed E-state index contributed by atoms with van der Waals surface area (Å²) >= 11 is 6.29. The molecule has 0 radical (unpaired) electrons.